The number of rotatable bonds is 8. The molecule has 1 aromatic heterocycles. The van der Waals surface area contributed by atoms with Gasteiger partial charge in [0.1, 0.15) is 11.3 Å². The van der Waals surface area contributed by atoms with Crippen molar-refractivity contribution >= 4 is 16.8 Å². The number of hydrogen-bond acceptors (Lipinski definition) is 6. The van der Waals surface area contributed by atoms with Gasteiger partial charge in [0, 0.05) is 25.7 Å². The molecule has 2 fully saturated rings. The largest absolute Gasteiger partial charge is 0.454 e. The van der Waals surface area contributed by atoms with E-state index in [0.29, 0.717) is 18.0 Å². The van der Waals surface area contributed by atoms with Gasteiger partial charge in [0.05, 0.1) is 29.1 Å². The fraction of sp³-hybridized carbons (Fsp3) is 0.409. The second kappa shape index (κ2) is 8.86. The molecule has 1 aromatic carbocycles. The number of aromatic nitrogens is 2. The number of carbonyl (C=O) groups excluding carboxylic acids is 1. The van der Waals surface area contributed by atoms with E-state index in [1.54, 1.807) is 35.6 Å². The second-order valence-corrected chi connectivity index (χ2v) is 9.87. The van der Waals surface area contributed by atoms with Crippen molar-refractivity contribution in [3.8, 4) is 11.5 Å². The van der Waals surface area contributed by atoms with Crippen molar-refractivity contribution < 1.29 is 26.9 Å². The van der Waals surface area contributed by atoms with Gasteiger partial charge in [-0.05, 0) is 36.5 Å². The first-order chi connectivity index (χ1) is 15.6. The fourth-order valence-electron chi connectivity index (χ4n) is 3.87. The van der Waals surface area contributed by atoms with Crippen molar-refractivity contribution in [3.05, 3.63) is 60.3 Å². The van der Waals surface area contributed by atoms with Gasteiger partial charge in [0.2, 0.25) is 5.82 Å². The molecule has 11 heteroatoms. The van der Waals surface area contributed by atoms with Crippen molar-refractivity contribution in [1.29, 1.82) is 0 Å². The van der Waals surface area contributed by atoms with Crippen molar-refractivity contribution in [3.63, 3.8) is 0 Å². The van der Waals surface area contributed by atoms with E-state index >= 15 is 0 Å². The van der Waals surface area contributed by atoms with E-state index in [2.05, 4.69) is 21.9 Å². The zero-order valence-electron chi connectivity index (χ0n) is 17.9. The normalized spacial score (nSPS) is 21.8. The monoisotopic (exact) mass is 480 g/mol. The first-order valence-electron chi connectivity index (χ1n) is 10.3. The molecule has 2 atom stereocenters. The Morgan fingerprint density at radius 3 is 2.36 bits per heavy atom. The first kappa shape index (κ1) is 23.4. The third-order valence-corrected chi connectivity index (χ3v) is 7.22. The molecule has 1 saturated heterocycles. The highest BCUT2D eigenvalue weighted by molar-refractivity contribution is 7.82. The molecule has 2 aliphatic rings. The lowest BCUT2D eigenvalue weighted by Gasteiger charge is -2.30. The van der Waals surface area contributed by atoms with Crippen LogP contribution in [0.15, 0.2) is 48.9 Å². The Morgan fingerprint density at radius 1 is 1.21 bits per heavy atom. The molecule has 0 spiro atoms. The Labute approximate surface area is 191 Å². The van der Waals surface area contributed by atoms with Crippen LogP contribution in [0.5, 0.6) is 11.5 Å². The predicted octanol–water partition coefficient (Wildman–Crippen LogP) is 3.61. The molecule has 1 N–H and O–H groups in total. The molecule has 1 unspecified atom stereocenters. The molecule has 0 radical (unpaired) electrons. The zero-order chi connectivity index (χ0) is 23.8. The molecule has 1 saturated carbocycles. The second-order valence-electron chi connectivity index (χ2n) is 8.31. The molecule has 1 aliphatic carbocycles. The summed E-state index contributed by atoms with van der Waals surface area (Å²) in [5.74, 6) is -0.282. The van der Waals surface area contributed by atoms with Crippen LogP contribution in [0.2, 0.25) is 0 Å². The summed E-state index contributed by atoms with van der Waals surface area (Å²) in [6.07, 6.45) is -0.522. The molecule has 0 bridgehead atoms. The van der Waals surface area contributed by atoms with Crippen molar-refractivity contribution in [2.75, 3.05) is 12.8 Å². The summed E-state index contributed by atoms with van der Waals surface area (Å²) in [4.78, 5) is 19.1. The molecule has 176 valence electrons. The van der Waals surface area contributed by atoms with Gasteiger partial charge >= 0.3 is 6.18 Å². The van der Waals surface area contributed by atoms with E-state index in [1.165, 1.54) is 0 Å². The van der Waals surface area contributed by atoms with E-state index in [1.807, 2.05) is 0 Å². The molecule has 33 heavy (non-hydrogen) atoms. The Hall–Kier alpha value is -2.79. The van der Waals surface area contributed by atoms with Crippen molar-refractivity contribution in [2.24, 2.45) is 5.92 Å². The first-order valence-corrected chi connectivity index (χ1v) is 11.6. The van der Waals surface area contributed by atoms with Gasteiger partial charge in [0.25, 0.3) is 0 Å². The quantitative estimate of drug-likeness (QED) is 0.622. The summed E-state index contributed by atoms with van der Waals surface area (Å²) in [5, 5.41) is 3.22. The van der Waals surface area contributed by atoms with Crippen molar-refractivity contribution in [1.82, 2.24) is 19.6 Å². The number of ketones is 1. The summed E-state index contributed by atoms with van der Waals surface area (Å²) < 4.78 is 57.8. The maximum absolute atomic E-state index is 13.0. The predicted molar refractivity (Wildman–Crippen MR) is 115 cm³/mol. The van der Waals surface area contributed by atoms with Crippen LogP contribution in [0.4, 0.5) is 13.2 Å². The van der Waals surface area contributed by atoms with Crippen LogP contribution in [0, 0.1) is 5.92 Å². The molecular weight excluding hydrogens is 457 g/mol. The van der Waals surface area contributed by atoms with Crippen LogP contribution >= 0.6 is 0 Å². The Morgan fingerprint density at radius 2 is 1.85 bits per heavy atom. The number of ether oxygens (including phenoxy) is 1. The Kier molecular flexibility index (Phi) is 6.28. The maximum atomic E-state index is 13.0. The van der Waals surface area contributed by atoms with Crippen LogP contribution in [0.3, 0.4) is 0 Å². The summed E-state index contributed by atoms with van der Waals surface area (Å²) in [7, 11) is 0.343. The average Bonchev–Trinajstić information content (AvgIpc) is 3.56. The number of Topliss-reactive ketones (excluding diaryl/α,β-unsaturated/α-hetero) is 1. The van der Waals surface area contributed by atoms with E-state index in [9.17, 15) is 22.2 Å². The summed E-state index contributed by atoms with van der Waals surface area (Å²) >= 11 is 0. The Bertz CT molecular complexity index is 1070. The van der Waals surface area contributed by atoms with E-state index < -0.39 is 28.5 Å². The molecule has 2 heterocycles. The third kappa shape index (κ3) is 5.25. The standard InChI is InChI=1S/C22H23F3N4O3S/c1-14-9-19(30)21(28-14,16-5-6-16)13-33(31)29(2)12-15-3-7-17(8-4-15)32-18-10-26-20(27-11-18)22(23,24)25/h3-4,7-8,10-11,16,28H,1,5-6,9,12-13H2,2H3/t21-,33?/m0/s1. The summed E-state index contributed by atoms with van der Waals surface area (Å²) in [6, 6.07) is 6.85. The molecule has 2 aromatic rings. The fourth-order valence-corrected chi connectivity index (χ4v) is 5.24. The minimum atomic E-state index is -4.61. The third-order valence-electron chi connectivity index (χ3n) is 5.69. The van der Waals surface area contributed by atoms with Gasteiger partial charge in [-0.2, -0.15) is 13.2 Å². The van der Waals surface area contributed by atoms with E-state index in [-0.39, 0.29) is 29.6 Å². The number of carbonyl (C=O) groups is 1. The van der Waals surface area contributed by atoms with Crippen LogP contribution in [0.1, 0.15) is 30.7 Å². The Balaban J connectivity index is 1.35. The van der Waals surface area contributed by atoms with Crippen molar-refractivity contribution in [2.45, 2.75) is 37.5 Å². The average molecular weight is 481 g/mol. The zero-order valence-corrected chi connectivity index (χ0v) is 18.7. The van der Waals surface area contributed by atoms with E-state index in [0.717, 1.165) is 30.8 Å². The summed E-state index contributed by atoms with van der Waals surface area (Å²) in [6.45, 7) is 4.25. The maximum Gasteiger partial charge on any atom is 0.451 e. The highest BCUT2D eigenvalue weighted by Crippen LogP contribution is 2.44. The minimum absolute atomic E-state index is 0.0606. The van der Waals surface area contributed by atoms with Gasteiger partial charge in [-0.15, -0.1) is 0 Å². The van der Waals surface area contributed by atoms with Crippen LogP contribution in [-0.2, 0) is 28.5 Å². The molecule has 0 amide bonds. The van der Waals surface area contributed by atoms with Gasteiger partial charge in [-0.3, -0.25) is 4.79 Å². The lowest BCUT2D eigenvalue weighted by Crippen LogP contribution is -2.53. The number of nitrogens with one attached hydrogen (secondary N) is 1. The summed E-state index contributed by atoms with van der Waals surface area (Å²) in [5.41, 5.74) is 0.760. The van der Waals surface area contributed by atoms with Gasteiger partial charge < -0.3 is 10.1 Å². The molecule has 7 nitrogen and oxygen atoms in total. The number of hydrogen-bond donors (Lipinski definition) is 1. The van der Waals surface area contributed by atoms with Crippen LogP contribution < -0.4 is 10.1 Å². The van der Waals surface area contributed by atoms with Gasteiger partial charge in [-0.25, -0.2) is 18.5 Å². The van der Waals surface area contributed by atoms with Gasteiger partial charge in [-0.1, -0.05) is 18.7 Å². The highest BCUT2D eigenvalue weighted by Gasteiger charge is 2.54. The number of alkyl halides is 3. The van der Waals surface area contributed by atoms with Crippen LogP contribution in [0.25, 0.3) is 0 Å². The van der Waals surface area contributed by atoms with E-state index in [4.69, 9.17) is 4.74 Å². The highest BCUT2D eigenvalue weighted by atomic mass is 32.2. The lowest BCUT2D eigenvalue weighted by molar-refractivity contribution is -0.145. The van der Waals surface area contributed by atoms with Gasteiger partial charge in [0.15, 0.2) is 11.5 Å². The number of benzene rings is 1. The molecular formula is C22H23F3N4O3S. The number of allylic oxidation sites excluding steroid dienone is 1. The lowest BCUT2D eigenvalue weighted by atomic mass is 9.92. The SMILES string of the molecule is C=C1CC(=O)[C@](CS(=O)N(C)Cc2ccc(Oc3cnc(C(F)(F)F)nc3)cc2)(C2CC2)N1. The van der Waals surface area contributed by atoms with Crippen LogP contribution in [-0.4, -0.2) is 42.6 Å². The smallest absolute Gasteiger partial charge is 0.451 e. The minimum Gasteiger partial charge on any atom is -0.454 e. The topological polar surface area (TPSA) is 84.4 Å². The molecule has 1 aliphatic heterocycles. The number of nitrogens with zero attached hydrogens (tertiary/aromatic N) is 3. The number of halogens is 3. The molecule has 4 rings (SSSR count).